The van der Waals surface area contributed by atoms with Crippen molar-refractivity contribution in [1.82, 2.24) is 4.98 Å². The molecule has 0 saturated heterocycles. The number of aromatic nitrogens is 1. The average molecular weight is 189 g/mol. The number of fused-ring (bicyclic) bond motifs is 1. The molecule has 0 saturated carbocycles. The van der Waals surface area contributed by atoms with Crippen molar-refractivity contribution in [2.45, 2.75) is 12.7 Å². The molecule has 0 radical (unpaired) electrons. The number of para-hydroxylation sites is 1. The van der Waals surface area contributed by atoms with Crippen molar-refractivity contribution in [1.29, 1.82) is 0 Å². The minimum Gasteiger partial charge on any atom is -0.368 e. The summed E-state index contributed by atoms with van der Waals surface area (Å²) in [5, 5.41) is 18.8. The highest BCUT2D eigenvalue weighted by Crippen LogP contribution is 2.16. The molecule has 2 N–H and O–H groups in total. The molecule has 1 aromatic heterocycles. The number of hydrogen-bond acceptors (Lipinski definition) is 3. The van der Waals surface area contributed by atoms with Gasteiger partial charge in [-0.25, -0.2) is 0 Å². The van der Waals surface area contributed by atoms with Gasteiger partial charge in [0.15, 0.2) is 6.29 Å². The van der Waals surface area contributed by atoms with Crippen LogP contribution in [0.4, 0.5) is 0 Å². The summed E-state index contributed by atoms with van der Waals surface area (Å²) in [4.78, 5) is 4.19. The van der Waals surface area contributed by atoms with Gasteiger partial charge < -0.3 is 10.2 Å². The summed E-state index contributed by atoms with van der Waals surface area (Å²) in [6.45, 7) is 0. The van der Waals surface area contributed by atoms with Crippen LogP contribution in [0.15, 0.2) is 36.5 Å². The summed E-state index contributed by atoms with van der Waals surface area (Å²) in [7, 11) is 0. The highest BCUT2D eigenvalue weighted by molar-refractivity contribution is 5.81. The Morgan fingerprint density at radius 2 is 1.93 bits per heavy atom. The Balaban J connectivity index is 2.53. The Morgan fingerprint density at radius 1 is 1.14 bits per heavy atom. The van der Waals surface area contributed by atoms with Gasteiger partial charge >= 0.3 is 0 Å². The molecular weight excluding hydrogens is 178 g/mol. The fourth-order valence-electron chi connectivity index (χ4n) is 1.53. The van der Waals surface area contributed by atoms with E-state index in [-0.39, 0.29) is 6.42 Å². The van der Waals surface area contributed by atoms with Crippen LogP contribution in [-0.2, 0) is 6.42 Å². The molecule has 0 amide bonds. The molecule has 0 bridgehead atoms. The molecule has 0 fully saturated rings. The van der Waals surface area contributed by atoms with Gasteiger partial charge in [-0.3, -0.25) is 4.98 Å². The Kier molecular flexibility index (Phi) is 2.43. The first kappa shape index (κ1) is 9.12. The Labute approximate surface area is 81.7 Å². The molecule has 0 aliphatic rings. The van der Waals surface area contributed by atoms with Crippen molar-refractivity contribution in [2.75, 3.05) is 0 Å². The summed E-state index contributed by atoms with van der Waals surface area (Å²) in [5.74, 6) is 0. The molecule has 72 valence electrons. The molecule has 2 rings (SSSR count). The third-order valence-electron chi connectivity index (χ3n) is 2.14. The van der Waals surface area contributed by atoms with E-state index in [0.29, 0.717) is 0 Å². The molecule has 14 heavy (non-hydrogen) atoms. The van der Waals surface area contributed by atoms with Crippen LogP contribution in [0.5, 0.6) is 0 Å². The van der Waals surface area contributed by atoms with E-state index in [1.807, 2.05) is 30.3 Å². The number of aliphatic hydroxyl groups excluding tert-OH is 1. The van der Waals surface area contributed by atoms with Gasteiger partial charge in [0.25, 0.3) is 0 Å². The lowest BCUT2D eigenvalue weighted by molar-refractivity contribution is -0.0379. The van der Waals surface area contributed by atoms with Gasteiger partial charge in [0.05, 0.1) is 5.52 Å². The van der Waals surface area contributed by atoms with Crippen molar-refractivity contribution in [2.24, 2.45) is 0 Å². The first-order chi connectivity index (χ1) is 6.77. The van der Waals surface area contributed by atoms with E-state index >= 15 is 0 Å². The second-order valence-electron chi connectivity index (χ2n) is 3.17. The van der Waals surface area contributed by atoms with E-state index in [1.165, 1.54) is 0 Å². The summed E-state index contributed by atoms with van der Waals surface area (Å²) in [5.41, 5.74) is 1.79. The normalized spacial score (nSPS) is 11.1. The van der Waals surface area contributed by atoms with Gasteiger partial charge in [0.2, 0.25) is 0 Å². The third-order valence-corrected chi connectivity index (χ3v) is 2.14. The second kappa shape index (κ2) is 3.74. The zero-order valence-electron chi connectivity index (χ0n) is 7.59. The smallest absolute Gasteiger partial charge is 0.155 e. The summed E-state index contributed by atoms with van der Waals surface area (Å²) < 4.78 is 0. The van der Waals surface area contributed by atoms with Crippen molar-refractivity contribution in [3.63, 3.8) is 0 Å². The van der Waals surface area contributed by atoms with Crippen molar-refractivity contribution in [3.8, 4) is 0 Å². The van der Waals surface area contributed by atoms with Crippen LogP contribution in [0.25, 0.3) is 10.9 Å². The van der Waals surface area contributed by atoms with E-state index in [4.69, 9.17) is 10.2 Å². The molecule has 2 aromatic rings. The Hall–Kier alpha value is -1.45. The topological polar surface area (TPSA) is 53.4 Å². The van der Waals surface area contributed by atoms with Gasteiger partial charge in [0, 0.05) is 18.0 Å². The first-order valence-corrected chi connectivity index (χ1v) is 4.46. The maximum absolute atomic E-state index is 8.90. The minimum absolute atomic E-state index is 0.239. The van der Waals surface area contributed by atoms with Gasteiger partial charge in [-0.05, 0) is 17.7 Å². The molecule has 3 heteroatoms. The van der Waals surface area contributed by atoms with Crippen LogP contribution in [0.3, 0.4) is 0 Å². The largest absolute Gasteiger partial charge is 0.368 e. The van der Waals surface area contributed by atoms with E-state index < -0.39 is 6.29 Å². The maximum Gasteiger partial charge on any atom is 0.155 e. The Bertz CT molecular complexity index is 435. The molecule has 0 unspecified atom stereocenters. The molecule has 0 aliphatic carbocycles. The first-order valence-electron chi connectivity index (χ1n) is 4.46. The zero-order valence-corrected chi connectivity index (χ0v) is 7.59. The van der Waals surface area contributed by atoms with Crippen LogP contribution in [0.1, 0.15) is 5.56 Å². The number of rotatable bonds is 2. The van der Waals surface area contributed by atoms with Crippen molar-refractivity contribution < 1.29 is 10.2 Å². The van der Waals surface area contributed by atoms with Crippen LogP contribution in [0, 0.1) is 0 Å². The fraction of sp³-hybridized carbons (Fsp3) is 0.182. The van der Waals surface area contributed by atoms with Gasteiger partial charge in [-0.2, -0.15) is 0 Å². The second-order valence-corrected chi connectivity index (χ2v) is 3.17. The number of benzene rings is 1. The quantitative estimate of drug-likeness (QED) is 0.695. The van der Waals surface area contributed by atoms with Crippen LogP contribution in [-0.4, -0.2) is 21.5 Å². The van der Waals surface area contributed by atoms with E-state index in [0.717, 1.165) is 16.5 Å². The lowest BCUT2D eigenvalue weighted by Crippen LogP contribution is -2.08. The highest BCUT2D eigenvalue weighted by Gasteiger charge is 2.04. The molecule has 0 atom stereocenters. The van der Waals surface area contributed by atoms with E-state index in [1.54, 1.807) is 6.20 Å². The van der Waals surface area contributed by atoms with Gasteiger partial charge in [-0.15, -0.1) is 0 Å². The molecular formula is C11H11NO2. The number of pyridine rings is 1. The highest BCUT2D eigenvalue weighted by atomic mass is 16.5. The Morgan fingerprint density at radius 3 is 2.71 bits per heavy atom. The monoisotopic (exact) mass is 189 g/mol. The fourth-order valence-corrected chi connectivity index (χ4v) is 1.53. The van der Waals surface area contributed by atoms with Crippen molar-refractivity contribution >= 4 is 10.9 Å². The molecule has 1 heterocycles. The lowest BCUT2D eigenvalue weighted by Gasteiger charge is -2.06. The lowest BCUT2D eigenvalue weighted by atomic mass is 10.1. The summed E-state index contributed by atoms with van der Waals surface area (Å²) in [6.07, 6.45) is 0.615. The number of nitrogens with zero attached hydrogens (tertiary/aromatic N) is 1. The molecule has 0 aliphatic heterocycles. The minimum atomic E-state index is -1.30. The predicted molar refractivity (Wildman–Crippen MR) is 53.7 cm³/mol. The van der Waals surface area contributed by atoms with E-state index in [2.05, 4.69) is 4.98 Å². The van der Waals surface area contributed by atoms with Crippen molar-refractivity contribution in [3.05, 3.63) is 42.1 Å². The number of aliphatic hydroxyl groups is 2. The zero-order chi connectivity index (χ0) is 9.97. The van der Waals surface area contributed by atoms with E-state index in [9.17, 15) is 0 Å². The molecule has 1 aromatic carbocycles. The average Bonchev–Trinajstić information content (AvgIpc) is 2.18. The maximum atomic E-state index is 8.90. The van der Waals surface area contributed by atoms with Crippen LogP contribution in [0.2, 0.25) is 0 Å². The van der Waals surface area contributed by atoms with Gasteiger partial charge in [0.1, 0.15) is 0 Å². The number of hydrogen-bond donors (Lipinski definition) is 2. The van der Waals surface area contributed by atoms with Crippen LogP contribution < -0.4 is 0 Å². The van der Waals surface area contributed by atoms with Gasteiger partial charge in [-0.1, -0.05) is 18.2 Å². The molecule has 0 spiro atoms. The summed E-state index contributed by atoms with van der Waals surface area (Å²) in [6, 6.07) is 9.47. The standard InChI is InChI=1S/C11H11NO2/c13-11(14)7-8-5-6-12-10-4-2-1-3-9(8)10/h1-6,11,13-14H,7H2. The van der Waals surface area contributed by atoms with Crippen LogP contribution >= 0.6 is 0 Å². The predicted octanol–water partition coefficient (Wildman–Crippen LogP) is 1.09. The third kappa shape index (κ3) is 1.73. The summed E-state index contributed by atoms with van der Waals surface area (Å²) >= 11 is 0. The molecule has 3 nitrogen and oxygen atoms in total. The SMILES string of the molecule is OC(O)Cc1ccnc2ccccc12.